The standard InChI is InChI=1S/C11H11BrO2/c12-10-3-1-2-7-6-8(13)4-5-9(7)11(10)14/h4-6,10,13H,1-3H2. The van der Waals surface area contributed by atoms with E-state index >= 15 is 0 Å². The van der Waals surface area contributed by atoms with E-state index in [0.717, 1.165) is 30.4 Å². The molecule has 74 valence electrons. The van der Waals surface area contributed by atoms with Gasteiger partial charge in [0, 0.05) is 5.56 Å². The van der Waals surface area contributed by atoms with Crippen LogP contribution < -0.4 is 0 Å². The number of carbonyl (C=O) groups excluding carboxylic acids is 1. The fourth-order valence-corrected chi connectivity index (χ4v) is 2.37. The third-order valence-corrected chi connectivity index (χ3v) is 3.42. The molecule has 1 aliphatic carbocycles. The molecule has 0 amide bonds. The van der Waals surface area contributed by atoms with Gasteiger partial charge in [0.25, 0.3) is 0 Å². The average Bonchev–Trinajstić information content (AvgIpc) is 2.28. The lowest BCUT2D eigenvalue weighted by molar-refractivity contribution is 0.0990. The predicted molar refractivity (Wildman–Crippen MR) is 58.1 cm³/mol. The van der Waals surface area contributed by atoms with Gasteiger partial charge in [-0.15, -0.1) is 0 Å². The maximum atomic E-state index is 11.8. The van der Waals surface area contributed by atoms with E-state index in [4.69, 9.17) is 0 Å². The van der Waals surface area contributed by atoms with E-state index in [-0.39, 0.29) is 16.4 Å². The number of halogens is 1. The zero-order valence-electron chi connectivity index (χ0n) is 7.66. The first-order valence-corrected chi connectivity index (χ1v) is 5.60. The second-order valence-corrected chi connectivity index (χ2v) is 4.67. The lowest BCUT2D eigenvalue weighted by Gasteiger charge is -2.06. The summed E-state index contributed by atoms with van der Waals surface area (Å²) in [5, 5.41) is 9.31. The highest BCUT2D eigenvalue weighted by Crippen LogP contribution is 2.27. The smallest absolute Gasteiger partial charge is 0.176 e. The molecule has 2 rings (SSSR count). The highest BCUT2D eigenvalue weighted by Gasteiger charge is 2.22. The molecular formula is C11H11BrO2. The summed E-state index contributed by atoms with van der Waals surface area (Å²) in [4.78, 5) is 11.8. The van der Waals surface area contributed by atoms with Crippen molar-refractivity contribution in [3.63, 3.8) is 0 Å². The molecular weight excluding hydrogens is 244 g/mol. The molecule has 0 radical (unpaired) electrons. The number of carbonyl (C=O) groups is 1. The van der Waals surface area contributed by atoms with Gasteiger partial charge in [0.15, 0.2) is 5.78 Å². The Morgan fingerprint density at radius 2 is 2.21 bits per heavy atom. The number of fused-ring (bicyclic) bond motifs is 1. The monoisotopic (exact) mass is 254 g/mol. The molecule has 3 heteroatoms. The minimum Gasteiger partial charge on any atom is -0.508 e. The van der Waals surface area contributed by atoms with Crippen LogP contribution >= 0.6 is 15.9 Å². The lowest BCUT2D eigenvalue weighted by atomic mass is 10.0. The van der Waals surface area contributed by atoms with Crippen LogP contribution in [0, 0.1) is 0 Å². The second kappa shape index (κ2) is 3.73. The summed E-state index contributed by atoms with van der Waals surface area (Å²) in [7, 11) is 0. The van der Waals surface area contributed by atoms with Crippen molar-refractivity contribution < 1.29 is 9.90 Å². The first-order chi connectivity index (χ1) is 6.68. The number of ketones is 1. The van der Waals surface area contributed by atoms with Crippen molar-refractivity contribution in [2.75, 3.05) is 0 Å². The van der Waals surface area contributed by atoms with Crippen molar-refractivity contribution >= 4 is 21.7 Å². The Balaban J connectivity index is 2.48. The fraction of sp³-hybridized carbons (Fsp3) is 0.364. The zero-order valence-corrected chi connectivity index (χ0v) is 9.25. The molecule has 0 fully saturated rings. The van der Waals surface area contributed by atoms with Gasteiger partial charge in [0.1, 0.15) is 5.75 Å². The number of rotatable bonds is 0. The second-order valence-electron chi connectivity index (χ2n) is 3.57. The number of hydrogen-bond acceptors (Lipinski definition) is 2. The molecule has 14 heavy (non-hydrogen) atoms. The van der Waals surface area contributed by atoms with E-state index in [9.17, 15) is 9.90 Å². The van der Waals surface area contributed by atoms with E-state index in [1.54, 1.807) is 18.2 Å². The van der Waals surface area contributed by atoms with Crippen molar-refractivity contribution in [1.82, 2.24) is 0 Å². The van der Waals surface area contributed by atoms with Gasteiger partial charge in [-0.05, 0) is 43.0 Å². The minimum absolute atomic E-state index is 0.0618. The Labute approximate surface area is 91.1 Å². The van der Waals surface area contributed by atoms with Gasteiger partial charge < -0.3 is 5.11 Å². The van der Waals surface area contributed by atoms with Crippen LogP contribution in [0.25, 0.3) is 0 Å². The number of hydrogen-bond donors (Lipinski definition) is 1. The molecule has 0 aliphatic heterocycles. The summed E-state index contributed by atoms with van der Waals surface area (Å²) in [6, 6.07) is 4.98. The normalized spacial score (nSPS) is 21.5. The Morgan fingerprint density at radius 1 is 1.43 bits per heavy atom. The van der Waals surface area contributed by atoms with Crippen molar-refractivity contribution in [2.45, 2.75) is 24.1 Å². The lowest BCUT2D eigenvalue weighted by Crippen LogP contribution is -2.12. The molecule has 1 N–H and O–H groups in total. The molecule has 1 aromatic carbocycles. The number of aryl methyl sites for hydroxylation is 1. The summed E-state index contributed by atoms with van der Waals surface area (Å²) in [6.07, 6.45) is 2.73. The van der Waals surface area contributed by atoms with Crippen molar-refractivity contribution in [3.05, 3.63) is 29.3 Å². The number of phenolic OH excluding ortho intramolecular Hbond substituents is 1. The van der Waals surface area contributed by atoms with Gasteiger partial charge >= 0.3 is 0 Å². The third kappa shape index (κ3) is 1.69. The molecule has 1 aromatic rings. The Hall–Kier alpha value is -0.830. The van der Waals surface area contributed by atoms with E-state index in [1.807, 2.05) is 0 Å². The van der Waals surface area contributed by atoms with E-state index in [1.165, 1.54) is 0 Å². The van der Waals surface area contributed by atoms with Crippen LogP contribution in [-0.4, -0.2) is 15.7 Å². The number of Topliss-reactive ketones (excluding diaryl/α,β-unsaturated/α-hetero) is 1. The van der Waals surface area contributed by atoms with Crippen molar-refractivity contribution in [1.29, 1.82) is 0 Å². The molecule has 1 unspecified atom stereocenters. The molecule has 0 spiro atoms. The molecule has 0 saturated heterocycles. The molecule has 1 aliphatic rings. The van der Waals surface area contributed by atoms with Crippen LogP contribution in [0.1, 0.15) is 28.8 Å². The molecule has 0 bridgehead atoms. The van der Waals surface area contributed by atoms with Crippen molar-refractivity contribution in [2.24, 2.45) is 0 Å². The SMILES string of the molecule is O=C1c2ccc(O)cc2CCCC1Br. The average molecular weight is 255 g/mol. The van der Waals surface area contributed by atoms with E-state index in [0.29, 0.717) is 0 Å². The van der Waals surface area contributed by atoms with Crippen molar-refractivity contribution in [3.8, 4) is 5.75 Å². The molecule has 0 heterocycles. The van der Waals surface area contributed by atoms with Gasteiger partial charge in [0.2, 0.25) is 0 Å². The summed E-state index contributed by atoms with van der Waals surface area (Å²) in [5.74, 6) is 0.377. The fourth-order valence-electron chi connectivity index (χ4n) is 1.80. The summed E-state index contributed by atoms with van der Waals surface area (Å²) in [6.45, 7) is 0. The van der Waals surface area contributed by atoms with Gasteiger partial charge in [-0.1, -0.05) is 15.9 Å². The van der Waals surface area contributed by atoms with Crippen LogP contribution in [0.4, 0.5) is 0 Å². The predicted octanol–water partition coefficient (Wildman–Crippen LogP) is 2.67. The Morgan fingerprint density at radius 3 is 3.00 bits per heavy atom. The van der Waals surface area contributed by atoms with Crippen LogP contribution in [0.2, 0.25) is 0 Å². The Kier molecular flexibility index (Phi) is 2.59. The topological polar surface area (TPSA) is 37.3 Å². The van der Waals surface area contributed by atoms with E-state index < -0.39 is 0 Å². The third-order valence-electron chi connectivity index (χ3n) is 2.54. The summed E-state index contributed by atoms with van der Waals surface area (Å²) >= 11 is 3.38. The maximum absolute atomic E-state index is 11.8. The van der Waals surface area contributed by atoms with Gasteiger partial charge in [0.05, 0.1) is 4.83 Å². The number of benzene rings is 1. The van der Waals surface area contributed by atoms with Gasteiger partial charge in [-0.25, -0.2) is 0 Å². The first-order valence-electron chi connectivity index (χ1n) is 4.68. The molecule has 0 saturated carbocycles. The number of phenols is 1. The highest BCUT2D eigenvalue weighted by atomic mass is 79.9. The quantitative estimate of drug-likeness (QED) is 0.571. The zero-order chi connectivity index (χ0) is 10.1. The van der Waals surface area contributed by atoms with Gasteiger partial charge in [-0.3, -0.25) is 4.79 Å². The molecule has 2 nitrogen and oxygen atoms in total. The highest BCUT2D eigenvalue weighted by molar-refractivity contribution is 9.10. The minimum atomic E-state index is -0.0618. The Bertz CT molecular complexity index is 374. The largest absolute Gasteiger partial charge is 0.508 e. The maximum Gasteiger partial charge on any atom is 0.176 e. The van der Waals surface area contributed by atoms with Crippen LogP contribution in [-0.2, 0) is 6.42 Å². The molecule has 1 atom stereocenters. The van der Waals surface area contributed by atoms with Crippen LogP contribution in [0.3, 0.4) is 0 Å². The molecule has 0 aromatic heterocycles. The van der Waals surface area contributed by atoms with Crippen LogP contribution in [0.15, 0.2) is 18.2 Å². The van der Waals surface area contributed by atoms with Crippen LogP contribution in [0.5, 0.6) is 5.75 Å². The summed E-state index contributed by atoms with van der Waals surface area (Å²) in [5.41, 5.74) is 1.72. The number of aromatic hydroxyl groups is 1. The number of alkyl halides is 1. The summed E-state index contributed by atoms with van der Waals surface area (Å²) < 4.78 is 0. The van der Waals surface area contributed by atoms with Gasteiger partial charge in [-0.2, -0.15) is 0 Å². The first kappa shape index (κ1) is 9.71. The van der Waals surface area contributed by atoms with E-state index in [2.05, 4.69) is 15.9 Å².